The average molecular weight is 291 g/mol. The molecule has 0 fully saturated rings. The Morgan fingerprint density at radius 3 is 2.83 bits per heavy atom. The van der Waals surface area contributed by atoms with Gasteiger partial charge in [-0.3, -0.25) is 4.79 Å². The Balaban J connectivity index is 2.34. The molecule has 0 atom stereocenters. The SMILES string of the molecule is CC(C)OCCCNC(=O)c1cnc(Cl)c(Cl)c1. The Labute approximate surface area is 117 Å². The molecule has 18 heavy (non-hydrogen) atoms. The lowest BCUT2D eigenvalue weighted by Gasteiger charge is -2.08. The Bertz CT molecular complexity index is 411. The summed E-state index contributed by atoms with van der Waals surface area (Å²) in [6, 6.07) is 1.50. The van der Waals surface area contributed by atoms with Crippen LogP contribution < -0.4 is 5.32 Å². The molecule has 100 valence electrons. The number of hydrogen-bond donors (Lipinski definition) is 1. The maximum atomic E-state index is 11.7. The molecule has 1 N–H and O–H groups in total. The molecule has 4 nitrogen and oxygen atoms in total. The molecule has 0 aliphatic carbocycles. The van der Waals surface area contributed by atoms with Gasteiger partial charge in [0.1, 0.15) is 5.15 Å². The predicted octanol–water partition coefficient (Wildman–Crippen LogP) is 2.93. The quantitative estimate of drug-likeness (QED) is 0.647. The van der Waals surface area contributed by atoms with Crippen molar-refractivity contribution in [3.63, 3.8) is 0 Å². The Morgan fingerprint density at radius 1 is 1.50 bits per heavy atom. The van der Waals surface area contributed by atoms with Crippen molar-refractivity contribution in [3.8, 4) is 0 Å². The van der Waals surface area contributed by atoms with Crippen molar-refractivity contribution >= 4 is 29.1 Å². The average Bonchev–Trinajstić information content (AvgIpc) is 2.31. The molecule has 1 amide bonds. The van der Waals surface area contributed by atoms with Gasteiger partial charge in [-0.1, -0.05) is 23.2 Å². The molecular formula is C12H16Cl2N2O2. The number of hydrogen-bond acceptors (Lipinski definition) is 3. The fourth-order valence-electron chi connectivity index (χ4n) is 1.24. The smallest absolute Gasteiger partial charge is 0.252 e. The van der Waals surface area contributed by atoms with Crippen LogP contribution in [0.1, 0.15) is 30.6 Å². The predicted molar refractivity (Wildman–Crippen MR) is 72.3 cm³/mol. The van der Waals surface area contributed by atoms with Gasteiger partial charge in [-0.15, -0.1) is 0 Å². The number of ether oxygens (including phenoxy) is 1. The third-order valence-corrected chi connectivity index (χ3v) is 2.80. The molecule has 0 saturated heterocycles. The highest BCUT2D eigenvalue weighted by Crippen LogP contribution is 2.19. The molecule has 1 heterocycles. The molecule has 0 aliphatic rings. The first kappa shape index (κ1) is 15.2. The highest BCUT2D eigenvalue weighted by Gasteiger charge is 2.08. The zero-order valence-electron chi connectivity index (χ0n) is 10.4. The molecule has 1 aromatic heterocycles. The first-order valence-corrected chi connectivity index (χ1v) is 6.47. The van der Waals surface area contributed by atoms with Gasteiger partial charge in [0.15, 0.2) is 0 Å². The molecule has 0 aliphatic heterocycles. The molecule has 0 unspecified atom stereocenters. The molecule has 0 spiro atoms. The first-order chi connectivity index (χ1) is 8.50. The molecule has 0 aromatic carbocycles. The summed E-state index contributed by atoms with van der Waals surface area (Å²) in [7, 11) is 0. The fraction of sp³-hybridized carbons (Fsp3) is 0.500. The summed E-state index contributed by atoms with van der Waals surface area (Å²) in [6.45, 7) is 5.11. The van der Waals surface area contributed by atoms with E-state index in [1.807, 2.05) is 13.8 Å². The van der Waals surface area contributed by atoms with Crippen LogP contribution in [0.3, 0.4) is 0 Å². The summed E-state index contributed by atoms with van der Waals surface area (Å²) in [6.07, 6.45) is 2.37. The van der Waals surface area contributed by atoms with E-state index in [2.05, 4.69) is 10.3 Å². The number of carbonyl (C=O) groups excluding carboxylic acids is 1. The third kappa shape index (κ3) is 5.21. The van der Waals surface area contributed by atoms with Crippen molar-refractivity contribution < 1.29 is 9.53 Å². The van der Waals surface area contributed by atoms with Gasteiger partial charge >= 0.3 is 0 Å². The van der Waals surface area contributed by atoms with Crippen LogP contribution in [0.5, 0.6) is 0 Å². The maximum absolute atomic E-state index is 11.7. The van der Waals surface area contributed by atoms with Gasteiger partial charge in [0.25, 0.3) is 5.91 Å². The Morgan fingerprint density at radius 2 is 2.22 bits per heavy atom. The van der Waals surface area contributed by atoms with Crippen LogP contribution in [0.4, 0.5) is 0 Å². The van der Waals surface area contributed by atoms with E-state index in [0.29, 0.717) is 18.7 Å². The van der Waals surface area contributed by atoms with E-state index in [1.165, 1.54) is 12.3 Å². The second kappa shape index (κ2) is 7.56. The van der Waals surface area contributed by atoms with Crippen molar-refractivity contribution in [2.24, 2.45) is 0 Å². The first-order valence-electron chi connectivity index (χ1n) is 5.71. The Kier molecular flexibility index (Phi) is 6.39. The number of carbonyl (C=O) groups is 1. The van der Waals surface area contributed by atoms with Gasteiger partial charge in [0.05, 0.1) is 16.7 Å². The van der Waals surface area contributed by atoms with Gasteiger partial charge < -0.3 is 10.1 Å². The van der Waals surface area contributed by atoms with Gasteiger partial charge in [-0.05, 0) is 26.3 Å². The molecule has 1 aromatic rings. The van der Waals surface area contributed by atoms with E-state index in [9.17, 15) is 4.79 Å². The van der Waals surface area contributed by atoms with Crippen molar-refractivity contribution in [2.45, 2.75) is 26.4 Å². The van der Waals surface area contributed by atoms with E-state index < -0.39 is 0 Å². The summed E-state index contributed by atoms with van der Waals surface area (Å²) in [5.41, 5.74) is 0.397. The number of aromatic nitrogens is 1. The summed E-state index contributed by atoms with van der Waals surface area (Å²) in [5.74, 6) is -0.217. The minimum absolute atomic E-state index is 0.193. The topological polar surface area (TPSA) is 51.2 Å². The molecule has 6 heteroatoms. The fourth-order valence-corrected chi connectivity index (χ4v) is 1.51. The monoisotopic (exact) mass is 290 g/mol. The summed E-state index contributed by atoms with van der Waals surface area (Å²) < 4.78 is 5.36. The van der Waals surface area contributed by atoms with E-state index in [0.717, 1.165) is 6.42 Å². The zero-order chi connectivity index (χ0) is 13.5. The molecule has 0 bridgehead atoms. The number of nitrogens with one attached hydrogen (secondary N) is 1. The van der Waals surface area contributed by atoms with Crippen LogP contribution in [0.25, 0.3) is 0 Å². The molecule has 0 radical (unpaired) electrons. The van der Waals surface area contributed by atoms with Gasteiger partial charge in [-0.2, -0.15) is 0 Å². The molecular weight excluding hydrogens is 275 g/mol. The zero-order valence-corrected chi connectivity index (χ0v) is 11.9. The van der Waals surface area contributed by atoms with Gasteiger partial charge in [0, 0.05) is 19.3 Å². The molecule has 1 rings (SSSR count). The van der Waals surface area contributed by atoms with Crippen molar-refractivity contribution in [2.75, 3.05) is 13.2 Å². The second-order valence-electron chi connectivity index (χ2n) is 4.03. The van der Waals surface area contributed by atoms with Crippen molar-refractivity contribution in [1.82, 2.24) is 10.3 Å². The number of amides is 1. The van der Waals surface area contributed by atoms with E-state index in [-0.39, 0.29) is 22.2 Å². The van der Waals surface area contributed by atoms with Crippen LogP contribution in [0.2, 0.25) is 10.2 Å². The van der Waals surface area contributed by atoms with Gasteiger partial charge in [0.2, 0.25) is 0 Å². The number of pyridine rings is 1. The van der Waals surface area contributed by atoms with E-state index in [1.54, 1.807) is 0 Å². The highest BCUT2D eigenvalue weighted by molar-refractivity contribution is 6.41. The summed E-state index contributed by atoms with van der Waals surface area (Å²) >= 11 is 11.5. The number of nitrogens with zero attached hydrogens (tertiary/aromatic N) is 1. The van der Waals surface area contributed by atoms with Crippen LogP contribution in [0.15, 0.2) is 12.3 Å². The summed E-state index contributed by atoms with van der Waals surface area (Å²) in [4.78, 5) is 15.5. The largest absolute Gasteiger partial charge is 0.379 e. The molecule has 0 saturated carbocycles. The van der Waals surface area contributed by atoms with Crippen molar-refractivity contribution in [3.05, 3.63) is 28.0 Å². The number of halogens is 2. The normalized spacial score (nSPS) is 10.7. The van der Waals surface area contributed by atoms with Crippen LogP contribution in [-0.2, 0) is 4.74 Å². The maximum Gasteiger partial charge on any atom is 0.252 e. The van der Waals surface area contributed by atoms with Gasteiger partial charge in [-0.25, -0.2) is 4.98 Å². The van der Waals surface area contributed by atoms with E-state index >= 15 is 0 Å². The third-order valence-electron chi connectivity index (χ3n) is 2.12. The number of rotatable bonds is 6. The van der Waals surface area contributed by atoms with E-state index in [4.69, 9.17) is 27.9 Å². The van der Waals surface area contributed by atoms with Crippen molar-refractivity contribution in [1.29, 1.82) is 0 Å². The lowest BCUT2D eigenvalue weighted by Crippen LogP contribution is -2.25. The second-order valence-corrected chi connectivity index (χ2v) is 4.79. The lowest BCUT2D eigenvalue weighted by atomic mass is 10.2. The minimum Gasteiger partial charge on any atom is -0.379 e. The van der Waals surface area contributed by atoms with Crippen LogP contribution in [-0.4, -0.2) is 30.1 Å². The minimum atomic E-state index is -0.217. The van der Waals surface area contributed by atoms with Crippen LogP contribution in [0, 0.1) is 0 Å². The highest BCUT2D eigenvalue weighted by atomic mass is 35.5. The summed E-state index contributed by atoms with van der Waals surface area (Å²) in [5, 5.41) is 3.22. The van der Waals surface area contributed by atoms with Crippen LogP contribution >= 0.6 is 23.2 Å². The standard InChI is InChI=1S/C12H16Cl2N2O2/c1-8(2)18-5-3-4-15-12(17)9-6-10(13)11(14)16-7-9/h6-8H,3-5H2,1-2H3,(H,15,17). The lowest BCUT2D eigenvalue weighted by molar-refractivity contribution is 0.0757. The Hall–Kier alpha value is -0.840.